The van der Waals surface area contributed by atoms with Gasteiger partial charge in [-0.1, -0.05) is 13.8 Å². The summed E-state index contributed by atoms with van der Waals surface area (Å²) >= 11 is 0. The number of nitrogens with one attached hydrogen (secondary N) is 1. The summed E-state index contributed by atoms with van der Waals surface area (Å²) in [5, 5.41) is 16.5. The van der Waals surface area contributed by atoms with E-state index in [9.17, 15) is 0 Å². The summed E-state index contributed by atoms with van der Waals surface area (Å²) in [7, 11) is 0. The molecular formula is C12H19N5O. The van der Waals surface area contributed by atoms with Crippen LogP contribution in [0.15, 0.2) is 12.4 Å². The van der Waals surface area contributed by atoms with Gasteiger partial charge in [0.25, 0.3) is 5.78 Å². The highest BCUT2D eigenvalue weighted by Gasteiger charge is 2.17. The number of hydrogen-bond donors (Lipinski definition) is 2. The van der Waals surface area contributed by atoms with Gasteiger partial charge in [0.05, 0.1) is 0 Å². The van der Waals surface area contributed by atoms with Gasteiger partial charge < -0.3 is 10.4 Å². The number of aryl methyl sites for hydroxylation is 1. The van der Waals surface area contributed by atoms with E-state index in [1.54, 1.807) is 4.52 Å². The molecular weight excluding hydrogens is 230 g/mol. The van der Waals surface area contributed by atoms with E-state index >= 15 is 0 Å². The maximum absolute atomic E-state index is 9.02. The summed E-state index contributed by atoms with van der Waals surface area (Å²) in [6.45, 7) is 7.11. The molecule has 0 saturated carbocycles. The zero-order chi connectivity index (χ0) is 13.2. The molecule has 2 heterocycles. The topological polar surface area (TPSA) is 75.3 Å². The first kappa shape index (κ1) is 12.8. The molecule has 0 amide bonds. The number of fused-ring (bicyclic) bond motifs is 1. The lowest BCUT2D eigenvalue weighted by Crippen LogP contribution is -2.25. The molecule has 0 atom stereocenters. The molecule has 6 nitrogen and oxygen atoms in total. The van der Waals surface area contributed by atoms with Gasteiger partial charge in [-0.2, -0.15) is 14.6 Å². The van der Waals surface area contributed by atoms with E-state index in [2.05, 4.69) is 34.2 Å². The predicted molar refractivity (Wildman–Crippen MR) is 69.5 cm³/mol. The van der Waals surface area contributed by atoms with Crippen LogP contribution >= 0.6 is 0 Å². The third kappa shape index (κ3) is 2.76. The zero-order valence-corrected chi connectivity index (χ0v) is 11.0. The smallest absolute Gasteiger partial charge is 0.254 e. The summed E-state index contributed by atoms with van der Waals surface area (Å²) in [6, 6.07) is 1.94. The van der Waals surface area contributed by atoms with Crippen LogP contribution in [-0.4, -0.2) is 37.8 Å². The van der Waals surface area contributed by atoms with Crippen LogP contribution in [0, 0.1) is 12.3 Å². The Morgan fingerprint density at radius 1 is 1.44 bits per heavy atom. The Morgan fingerprint density at radius 2 is 2.22 bits per heavy atom. The molecule has 0 fully saturated rings. The predicted octanol–water partition coefficient (Wildman–Crippen LogP) is 1.25. The molecule has 98 valence electrons. The number of aliphatic hydroxyl groups excluding tert-OH is 1. The SMILES string of the molecule is Cc1cc(NCC(C)(C)CCO)n2ncnc2n1. The summed E-state index contributed by atoms with van der Waals surface area (Å²) < 4.78 is 1.68. The quantitative estimate of drug-likeness (QED) is 0.834. The third-order valence-corrected chi connectivity index (χ3v) is 2.92. The lowest BCUT2D eigenvalue weighted by molar-refractivity contribution is 0.220. The highest BCUT2D eigenvalue weighted by Crippen LogP contribution is 2.21. The minimum atomic E-state index is 0.0266. The van der Waals surface area contributed by atoms with E-state index < -0.39 is 0 Å². The van der Waals surface area contributed by atoms with Crippen molar-refractivity contribution < 1.29 is 5.11 Å². The molecule has 0 aliphatic rings. The fraction of sp³-hybridized carbons (Fsp3) is 0.583. The van der Waals surface area contributed by atoms with E-state index in [0.29, 0.717) is 5.78 Å². The zero-order valence-electron chi connectivity index (χ0n) is 11.0. The summed E-state index contributed by atoms with van der Waals surface area (Å²) in [6.07, 6.45) is 2.25. The molecule has 6 heteroatoms. The van der Waals surface area contributed by atoms with Gasteiger partial charge in [0.15, 0.2) is 0 Å². The van der Waals surface area contributed by atoms with Crippen LogP contribution in [0.5, 0.6) is 0 Å². The van der Waals surface area contributed by atoms with Gasteiger partial charge in [0.2, 0.25) is 0 Å². The Balaban J connectivity index is 2.19. The molecule has 0 aliphatic heterocycles. The van der Waals surface area contributed by atoms with Crippen molar-refractivity contribution in [3.63, 3.8) is 0 Å². The third-order valence-electron chi connectivity index (χ3n) is 2.92. The summed E-state index contributed by atoms with van der Waals surface area (Å²) in [5.74, 6) is 1.47. The number of anilines is 1. The molecule has 0 unspecified atom stereocenters. The molecule has 0 bridgehead atoms. The normalized spacial score (nSPS) is 12.0. The van der Waals surface area contributed by atoms with Crippen LogP contribution in [0.1, 0.15) is 26.0 Å². The van der Waals surface area contributed by atoms with E-state index in [4.69, 9.17) is 5.11 Å². The first-order chi connectivity index (χ1) is 8.52. The molecule has 2 rings (SSSR count). The van der Waals surface area contributed by atoms with Gasteiger partial charge in [-0.3, -0.25) is 0 Å². The number of aromatic nitrogens is 4. The van der Waals surface area contributed by atoms with E-state index in [1.165, 1.54) is 6.33 Å². The average Bonchev–Trinajstić information content (AvgIpc) is 2.73. The molecule has 0 radical (unpaired) electrons. The van der Waals surface area contributed by atoms with Crippen molar-refractivity contribution in [2.45, 2.75) is 27.2 Å². The second kappa shape index (κ2) is 4.89. The average molecular weight is 249 g/mol. The Kier molecular flexibility index (Phi) is 3.47. The molecule has 2 aromatic heterocycles. The fourth-order valence-electron chi connectivity index (χ4n) is 1.78. The lowest BCUT2D eigenvalue weighted by atomic mass is 9.90. The van der Waals surface area contributed by atoms with Gasteiger partial charge in [-0.05, 0) is 18.8 Å². The largest absolute Gasteiger partial charge is 0.396 e. The maximum Gasteiger partial charge on any atom is 0.254 e. The molecule has 0 spiro atoms. The van der Waals surface area contributed by atoms with E-state index in [1.807, 2.05) is 13.0 Å². The van der Waals surface area contributed by atoms with Crippen LogP contribution in [0.4, 0.5) is 5.82 Å². The van der Waals surface area contributed by atoms with E-state index in [-0.39, 0.29) is 12.0 Å². The maximum atomic E-state index is 9.02. The summed E-state index contributed by atoms with van der Waals surface area (Å²) in [4.78, 5) is 8.37. The fourth-order valence-corrected chi connectivity index (χ4v) is 1.78. The van der Waals surface area contributed by atoms with Crippen molar-refractivity contribution in [3.8, 4) is 0 Å². The van der Waals surface area contributed by atoms with Crippen molar-refractivity contribution in [3.05, 3.63) is 18.1 Å². The molecule has 0 aliphatic carbocycles. The Hall–Kier alpha value is -1.69. The molecule has 0 saturated heterocycles. The molecule has 2 aromatic rings. The van der Waals surface area contributed by atoms with Crippen LogP contribution in [0.3, 0.4) is 0 Å². The minimum Gasteiger partial charge on any atom is -0.396 e. The standard InChI is InChI=1S/C12H19N5O/c1-9-6-10(13-7-12(2,3)4-5-18)17-11(16-9)14-8-15-17/h6,8,13,18H,4-5,7H2,1-3H3. The van der Waals surface area contributed by atoms with Gasteiger partial charge in [-0.25, -0.2) is 4.98 Å². The second-order valence-electron chi connectivity index (χ2n) is 5.25. The van der Waals surface area contributed by atoms with Crippen molar-refractivity contribution in [2.75, 3.05) is 18.5 Å². The van der Waals surface area contributed by atoms with Gasteiger partial charge in [0, 0.05) is 24.9 Å². The lowest BCUT2D eigenvalue weighted by Gasteiger charge is -2.24. The van der Waals surface area contributed by atoms with Crippen LogP contribution in [-0.2, 0) is 0 Å². The second-order valence-corrected chi connectivity index (χ2v) is 5.25. The van der Waals surface area contributed by atoms with Crippen LogP contribution in [0.2, 0.25) is 0 Å². The van der Waals surface area contributed by atoms with Gasteiger partial charge >= 0.3 is 0 Å². The highest BCUT2D eigenvalue weighted by molar-refractivity contribution is 5.44. The van der Waals surface area contributed by atoms with Crippen LogP contribution in [0.25, 0.3) is 5.78 Å². The van der Waals surface area contributed by atoms with Crippen molar-refractivity contribution in [1.82, 2.24) is 19.6 Å². The van der Waals surface area contributed by atoms with Crippen molar-refractivity contribution in [2.24, 2.45) is 5.41 Å². The van der Waals surface area contributed by atoms with E-state index in [0.717, 1.165) is 24.5 Å². The summed E-state index contributed by atoms with van der Waals surface area (Å²) in [5.41, 5.74) is 0.928. The van der Waals surface area contributed by atoms with Crippen molar-refractivity contribution >= 4 is 11.6 Å². The van der Waals surface area contributed by atoms with Gasteiger partial charge in [0.1, 0.15) is 12.1 Å². The molecule has 18 heavy (non-hydrogen) atoms. The molecule has 2 N–H and O–H groups in total. The number of aliphatic hydroxyl groups is 1. The monoisotopic (exact) mass is 249 g/mol. The Labute approximate surface area is 106 Å². The first-order valence-electron chi connectivity index (χ1n) is 6.04. The highest BCUT2D eigenvalue weighted by atomic mass is 16.3. The number of hydrogen-bond acceptors (Lipinski definition) is 5. The van der Waals surface area contributed by atoms with Crippen molar-refractivity contribution in [1.29, 1.82) is 0 Å². The Bertz CT molecular complexity index is 534. The Morgan fingerprint density at radius 3 is 2.94 bits per heavy atom. The first-order valence-corrected chi connectivity index (χ1v) is 6.04. The molecule has 0 aromatic carbocycles. The van der Waals surface area contributed by atoms with Gasteiger partial charge in [-0.15, -0.1) is 0 Å². The number of rotatable bonds is 5. The number of nitrogens with zero attached hydrogens (tertiary/aromatic N) is 4. The van der Waals surface area contributed by atoms with Crippen LogP contribution < -0.4 is 5.32 Å². The minimum absolute atomic E-state index is 0.0266.